The van der Waals surface area contributed by atoms with Crippen LogP contribution in [0.2, 0.25) is 0 Å². The van der Waals surface area contributed by atoms with Gasteiger partial charge in [0.1, 0.15) is 0 Å². The molecule has 0 aliphatic heterocycles. The highest BCUT2D eigenvalue weighted by Gasteiger charge is 2.02. The van der Waals surface area contributed by atoms with Gasteiger partial charge in [-0.15, -0.1) is 6.58 Å². The van der Waals surface area contributed by atoms with Gasteiger partial charge in [0.05, 0.1) is 0 Å². The highest BCUT2D eigenvalue weighted by molar-refractivity contribution is 5.87. The largest absolute Gasteiger partial charge is 0.103 e. The van der Waals surface area contributed by atoms with Crippen LogP contribution in [0.5, 0.6) is 0 Å². The van der Waals surface area contributed by atoms with E-state index >= 15 is 0 Å². The molecule has 25 heavy (non-hydrogen) atoms. The summed E-state index contributed by atoms with van der Waals surface area (Å²) in [6.45, 7) is 6.07. The third-order valence-corrected chi connectivity index (χ3v) is 4.90. The van der Waals surface area contributed by atoms with Gasteiger partial charge >= 0.3 is 0 Å². The molecule has 0 unspecified atom stereocenters. The fourth-order valence-corrected chi connectivity index (χ4v) is 3.34. The first-order valence-corrected chi connectivity index (χ1v) is 9.53. The van der Waals surface area contributed by atoms with Crippen LogP contribution in [0, 0.1) is 0 Å². The van der Waals surface area contributed by atoms with Gasteiger partial charge in [-0.25, -0.2) is 0 Å². The summed E-state index contributed by atoms with van der Waals surface area (Å²) < 4.78 is 0. The quantitative estimate of drug-likeness (QED) is 0.299. The minimum atomic E-state index is 1.04. The zero-order valence-corrected chi connectivity index (χ0v) is 15.3. The van der Waals surface area contributed by atoms with Crippen LogP contribution in [0.15, 0.2) is 73.3 Å². The van der Waals surface area contributed by atoms with Crippen LogP contribution in [-0.4, -0.2) is 0 Å². The van der Waals surface area contributed by atoms with Crippen LogP contribution in [-0.2, 0) is 12.8 Å². The molecule has 0 nitrogen and oxygen atoms in total. The Labute approximate surface area is 152 Å². The van der Waals surface area contributed by atoms with Crippen molar-refractivity contribution in [1.82, 2.24) is 0 Å². The molecular weight excluding hydrogens is 300 g/mol. The fraction of sp³-hybridized carbons (Fsp3) is 0.280. The van der Waals surface area contributed by atoms with E-state index in [4.69, 9.17) is 0 Å². The molecule has 0 aliphatic carbocycles. The number of hydrogen-bond donors (Lipinski definition) is 0. The lowest BCUT2D eigenvalue weighted by Gasteiger charge is -2.08. The van der Waals surface area contributed by atoms with Gasteiger partial charge in [-0.1, -0.05) is 80.4 Å². The Morgan fingerprint density at radius 3 is 2.16 bits per heavy atom. The molecular formula is C25H28. The van der Waals surface area contributed by atoms with Crippen molar-refractivity contribution in [2.45, 2.75) is 45.4 Å². The lowest BCUT2D eigenvalue weighted by atomic mass is 9.97. The number of fused-ring (bicyclic) bond motifs is 1. The van der Waals surface area contributed by atoms with E-state index in [0.717, 1.165) is 12.8 Å². The molecule has 0 aliphatic rings. The minimum Gasteiger partial charge on any atom is -0.103 e. The van der Waals surface area contributed by atoms with Gasteiger partial charge in [0.15, 0.2) is 0 Å². The molecule has 3 rings (SSSR count). The highest BCUT2D eigenvalue weighted by atomic mass is 14.1. The standard InChI is InChI=1S/C25H28/c1-3-5-7-9-20-10-13-22(14-11-20)24-17-16-23-18-21(8-6-4-2)12-15-25(23)19-24/h4,10-19H,2-3,5-9H2,1H3. The first-order chi connectivity index (χ1) is 12.3. The van der Waals surface area contributed by atoms with E-state index in [-0.39, 0.29) is 0 Å². The first-order valence-electron chi connectivity index (χ1n) is 9.53. The average Bonchev–Trinajstić information content (AvgIpc) is 2.66. The predicted octanol–water partition coefficient (Wildman–Crippen LogP) is 7.36. The number of hydrogen-bond acceptors (Lipinski definition) is 0. The van der Waals surface area contributed by atoms with E-state index in [0.29, 0.717) is 0 Å². The van der Waals surface area contributed by atoms with Gasteiger partial charge in [-0.3, -0.25) is 0 Å². The van der Waals surface area contributed by atoms with E-state index in [1.165, 1.54) is 58.7 Å². The molecule has 0 heteroatoms. The molecule has 0 bridgehead atoms. The van der Waals surface area contributed by atoms with Crippen molar-refractivity contribution in [3.05, 3.63) is 84.4 Å². The summed E-state index contributed by atoms with van der Waals surface area (Å²) >= 11 is 0. The van der Waals surface area contributed by atoms with E-state index in [9.17, 15) is 0 Å². The first kappa shape index (κ1) is 17.5. The Balaban J connectivity index is 1.77. The van der Waals surface area contributed by atoms with Crippen LogP contribution in [0.1, 0.15) is 43.7 Å². The Morgan fingerprint density at radius 2 is 1.40 bits per heavy atom. The maximum atomic E-state index is 3.81. The Hall–Kier alpha value is -2.34. The van der Waals surface area contributed by atoms with Gasteiger partial charge in [0.25, 0.3) is 0 Å². The zero-order chi connectivity index (χ0) is 17.5. The van der Waals surface area contributed by atoms with Gasteiger partial charge in [0, 0.05) is 0 Å². The van der Waals surface area contributed by atoms with Crippen LogP contribution >= 0.6 is 0 Å². The van der Waals surface area contributed by atoms with Crippen LogP contribution in [0.3, 0.4) is 0 Å². The minimum absolute atomic E-state index is 1.04. The maximum absolute atomic E-state index is 3.81. The molecule has 3 aromatic rings. The van der Waals surface area contributed by atoms with E-state index in [2.05, 4.69) is 74.2 Å². The van der Waals surface area contributed by atoms with Crippen molar-refractivity contribution in [2.75, 3.05) is 0 Å². The van der Waals surface area contributed by atoms with E-state index < -0.39 is 0 Å². The zero-order valence-electron chi connectivity index (χ0n) is 15.3. The molecule has 0 saturated carbocycles. The van der Waals surface area contributed by atoms with E-state index in [1.54, 1.807) is 0 Å². The van der Waals surface area contributed by atoms with Gasteiger partial charge < -0.3 is 0 Å². The lowest BCUT2D eigenvalue weighted by molar-refractivity contribution is 0.717. The van der Waals surface area contributed by atoms with Crippen molar-refractivity contribution in [3.63, 3.8) is 0 Å². The number of benzene rings is 3. The van der Waals surface area contributed by atoms with Crippen molar-refractivity contribution in [3.8, 4) is 11.1 Å². The smallest absolute Gasteiger partial charge is 0.0178 e. The fourth-order valence-electron chi connectivity index (χ4n) is 3.34. The highest BCUT2D eigenvalue weighted by Crippen LogP contribution is 2.26. The maximum Gasteiger partial charge on any atom is -0.0178 e. The van der Waals surface area contributed by atoms with Gasteiger partial charge in [0.2, 0.25) is 0 Å². The van der Waals surface area contributed by atoms with Crippen molar-refractivity contribution in [2.24, 2.45) is 0 Å². The summed E-state index contributed by atoms with van der Waals surface area (Å²) in [5, 5.41) is 2.63. The topological polar surface area (TPSA) is 0 Å². The van der Waals surface area contributed by atoms with Gasteiger partial charge in [-0.2, -0.15) is 0 Å². The van der Waals surface area contributed by atoms with Crippen molar-refractivity contribution < 1.29 is 0 Å². The molecule has 128 valence electrons. The van der Waals surface area contributed by atoms with Crippen molar-refractivity contribution in [1.29, 1.82) is 0 Å². The molecule has 0 spiro atoms. The molecule has 0 saturated heterocycles. The summed E-state index contributed by atoms with van der Waals surface area (Å²) in [4.78, 5) is 0. The van der Waals surface area contributed by atoms with Crippen LogP contribution in [0.25, 0.3) is 21.9 Å². The second kappa shape index (κ2) is 8.67. The molecule has 0 atom stereocenters. The SMILES string of the molecule is C=CCCc1ccc2cc(-c3ccc(CCCCC)cc3)ccc2c1. The summed E-state index contributed by atoms with van der Waals surface area (Å²) in [5.74, 6) is 0. The molecule has 0 amide bonds. The summed E-state index contributed by atoms with van der Waals surface area (Å²) in [7, 11) is 0. The molecule has 0 heterocycles. The third kappa shape index (κ3) is 4.60. The molecule has 0 N–H and O–H groups in total. The van der Waals surface area contributed by atoms with Gasteiger partial charge in [-0.05, 0) is 64.8 Å². The number of allylic oxidation sites excluding steroid dienone is 1. The van der Waals surface area contributed by atoms with Crippen LogP contribution < -0.4 is 0 Å². The average molecular weight is 328 g/mol. The Morgan fingerprint density at radius 1 is 0.720 bits per heavy atom. The normalized spacial score (nSPS) is 10.9. The molecule has 0 aromatic heterocycles. The summed E-state index contributed by atoms with van der Waals surface area (Å²) in [6.07, 6.45) is 9.18. The second-order valence-electron chi connectivity index (χ2n) is 6.88. The molecule has 0 radical (unpaired) electrons. The summed E-state index contributed by atoms with van der Waals surface area (Å²) in [6, 6.07) is 22.7. The number of unbranched alkanes of at least 4 members (excludes halogenated alkanes) is 2. The number of aryl methyl sites for hydroxylation is 2. The summed E-state index contributed by atoms with van der Waals surface area (Å²) in [5.41, 5.74) is 5.43. The molecule has 3 aromatic carbocycles. The monoisotopic (exact) mass is 328 g/mol. The number of rotatable bonds is 8. The predicted molar refractivity (Wildman–Crippen MR) is 111 cm³/mol. The Kier molecular flexibility index (Phi) is 6.06. The second-order valence-corrected chi connectivity index (χ2v) is 6.88. The third-order valence-electron chi connectivity index (χ3n) is 4.90. The van der Waals surface area contributed by atoms with Crippen molar-refractivity contribution >= 4 is 10.8 Å². The van der Waals surface area contributed by atoms with Crippen LogP contribution in [0.4, 0.5) is 0 Å². The molecule has 0 fully saturated rings. The lowest BCUT2D eigenvalue weighted by Crippen LogP contribution is -1.87. The van der Waals surface area contributed by atoms with E-state index in [1.807, 2.05) is 6.08 Å². The Bertz CT molecular complexity index is 824.